The molecule has 0 radical (unpaired) electrons. The molecule has 3 rings (SSSR count). The predicted octanol–water partition coefficient (Wildman–Crippen LogP) is 3.51. The van der Waals surface area contributed by atoms with E-state index in [0.29, 0.717) is 5.88 Å². The van der Waals surface area contributed by atoms with Crippen molar-refractivity contribution in [2.45, 2.75) is 13.3 Å². The molecular weight excluding hydrogens is 258 g/mol. The first-order valence-electron chi connectivity index (χ1n) is 6.25. The Kier molecular flexibility index (Phi) is 3.22. The van der Waals surface area contributed by atoms with Gasteiger partial charge in [-0.3, -0.25) is 4.57 Å². The molecule has 0 aliphatic carbocycles. The molecule has 1 aromatic carbocycles. The molecule has 2 heterocycles. The van der Waals surface area contributed by atoms with Crippen LogP contribution in [0.5, 0.6) is 0 Å². The molecule has 0 aliphatic heterocycles. The van der Waals surface area contributed by atoms with Crippen LogP contribution in [0, 0.1) is 6.92 Å². The molecule has 0 fully saturated rings. The van der Waals surface area contributed by atoms with Crippen molar-refractivity contribution in [3.8, 4) is 5.69 Å². The molecule has 0 saturated heterocycles. The van der Waals surface area contributed by atoms with E-state index in [9.17, 15) is 0 Å². The van der Waals surface area contributed by atoms with Crippen molar-refractivity contribution in [1.29, 1.82) is 0 Å². The van der Waals surface area contributed by atoms with Crippen LogP contribution in [0.3, 0.4) is 0 Å². The Hall–Kier alpha value is -1.87. The maximum absolute atomic E-state index is 5.88. The molecule has 0 aliphatic rings. The first-order chi connectivity index (χ1) is 9.29. The number of benzene rings is 1. The van der Waals surface area contributed by atoms with Gasteiger partial charge in [0.1, 0.15) is 11.3 Å². The van der Waals surface area contributed by atoms with E-state index < -0.39 is 0 Å². The molecule has 0 amide bonds. The number of nitrogens with zero attached hydrogens (tertiary/aromatic N) is 3. The van der Waals surface area contributed by atoms with Crippen molar-refractivity contribution >= 4 is 22.8 Å². The zero-order valence-corrected chi connectivity index (χ0v) is 11.4. The third kappa shape index (κ3) is 2.22. The number of pyridine rings is 1. The number of hydrogen-bond donors (Lipinski definition) is 0. The van der Waals surface area contributed by atoms with Gasteiger partial charge in [-0.25, -0.2) is 9.97 Å². The molecule has 0 bridgehead atoms. The summed E-state index contributed by atoms with van der Waals surface area (Å²) in [5.74, 6) is 1.50. The van der Waals surface area contributed by atoms with Gasteiger partial charge in [0.05, 0.1) is 0 Å². The quantitative estimate of drug-likeness (QED) is 0.683. The maximum Gasteiger partial charge on any atom is 0.164 e. The van der Waals surface area contributed by atoms with Gasteiger partial charge in [-0.1, -0.05) is 12.1 Å². The molecule has 0 unspecified atom stereocenters. The SMILES string of the molecule is Cc1cccc(-n2c(CCCl)nc3cccnc32)c1. The van der Waals surface area contributed by atoms with Gasteiger partial charge in [-0.2, -0.15) is 0 Å². The molecule has 19 heavy (non-hydrogen) atoms. The molecule has 0 N–H and O–H groups in total. The first kappa shape index (κ1) is 12.2. The van der Waals surface area contributed by atoms with Crippen molar-refractivity contribution in [3.63, 3.8) is 0 Å². The van der Waals surface area contributed by atoms with Gasteiger partial charge in [0, 0.05) is 24.2 Å². The molecule has 3 nitrogen and oxygen atoms in total. The fraction of sp³-hybridized carbons (Fsp3) is 0.200. The van der Waals surface area contributed by atoms with Crippen LogP contribution in [0.15, 0.2) is 42.6 Å². The van der Waals surface area contributed by atoms with E-state index in [4.69, 9.17) is 11.6 Å². The Labute approximate surface area is 116 Å². The van der Waals surface area contributed by atoms with Gasteiger partial charge in [-0.05, 0) is 36.8 Å². The fourth-order valence-electron chi connectivity index (χ4n) is 2.25. The Bertz CT molecular complexity index is 718. The first-order valence-corrected chi connectivity index (χ1v) is 6.78. The van der Waals surface area contributed by atoms with Crippen molar-refractivity contribution in [1.82, 2.24) is 14.5 Å². The van der Waals surface area contributed by atoms with Crippen molar-refractivity contribution in [2.75, 3.05) is 5.88 Å². The molecule has 4 heteroatoms. The summed E-state index contributed by atoms with van der Waals surface area (Å²) in [5.41, 5.74) is 4.09. The number of fused-ring (bicyclic) bond motifs is 1. The normalized spacial score (nSPS) is 11.1. The van der Waals surface area contributed by atoms with Gasteiger partial charge in [0.25, 0.3) is 0 Å². The van der Waals surface area contributed by atoms with Crippen LogP contribution >= 0.6 is 11.6 Å². The highest BCUT2D eigenvalue weighted by Crippen LogP contribution is 2.21. The van der Waals surface area contributed by atoms with Gasteiger partial charge in [0.15, 0.2) is 5.65 Å². The zero-order chi connectivity index (χ0) is 13.2. The summed E-state index contributed by atoms with van der Waals surface area (Å²) in [6.45, 7) is 2.08. The molecule has 0 saturated carbocycles. The summed E-state index contributed by atoms with van der Waals surface area (Å²) < 4.78 is 2.09. The lowest BCUT2D eigenvalue weighted by atomic mass is 10.2. The minimum atomic E-state index is 0.551. The predicted molar refractivity (Wildman–Crippen MR) is 78.0 cm³/mol. The van der Waals surface area contributed by atoms with Crippen molar-refractivity contribution in [3.05, 3.63) is 54.0 Å². The molecule has 2 aromatic heterocycles. The highest BCUT2D eigenvalue weighted by molar-refractivity contribution is 6.17. The third-order valence-corrected chi connectivity index (χ3v) is 3.25. The van der Waals surface area contributed by atoms with E-state index in [-0.39, 0.29) is 0 Å². The van der Waals surface area contributed by atoms with Crippen LogP contribution in [0.1, 0.15) is 11.4 Å². The van der Waals surface area contributed by atoms with Gasteiger partial charge >= 0.3 is 0 Å². The number of imidazole rings is 1. The van der Waals surface area contributed by atoms with E-state index in [1.54, 1.807) is 6.20 Å². The lowest BCUT2D eigenvalue weighted by molar-refractivity contribution is 0.904. The van der Waals surface area contributed by atoms with E-state index in [0.717, 1.165) is 29.1 Å². The average Bonchev–Trinajstić information content (AvgIpc) is 2.77. The summed E-state index contributed by atoms with van der Waals surface area (Å²) >= 11 is 5.88. The molecular formula is C15H14ClN3. The number of aromatic nitrogens is 3. The molecule has 0 atom stereocenters. The van der Waals surface area contributed by atoms with Crippen LogP contribution in [0.25, 0.3) is 16.9 Å². The fourth-order valence-corrected chi connectivity index (χ4v) is 2.42. The number of hydrogen-bond acceptors (Lipinski definition) is 2. The van der Waals surface area contributed by atoms with Crippen LogP contribution in [0.4, 0.5) is 0 Å². The van der Waals surface area contributed by atoms with E-state index >= 15 is 0 Å². The lowest BCUT2D eigenvalue weighted by Gasteiger charge is -2.08. The second kappa shape index (κ2) is 5.02. The van der Waals surface area contributed by atoms with Gasteiger partial charge in [-0.15, -0.1) is 11.6 Å². The topological polar surface area (TPSA) is 30.7 Å². The van der Waals surface area contributed by atoms with Crippen LogP contribution < -0.4 is 0 Å². The zero-order valence-electron chi connectivity index (χ0n) is 10.7. The molecule has 3 aromatic rings. The Morgan fingerprint density at radius 1 is 1.21 bits per heavy atom. The smallest absolute Gasteiger partial charge is 0.164 e. The highest BCUT2D eigenvalue weighted by Gasteiger charge is 2.12. The maximum atomic E-state index is 5.88. The second-order valence-electron chi connectivity index (χ2n) is 4.49. The van der Waals surface area contributed by atoms with Crippen LogP contribution in [-0.4, -0.2) is 20.4 Å². The molecule has 96 valence electrons. The summed E-state index contributed by atoms with van der Waals surface area (Å²) in [5, 5.41) is 0. The monoisotopic (exact) mass is 271 g/mol. The van der Waals surface area contributed by atoms with E-state index in [1.165, 1.54) is 5.56 Å². The van der Waals surface area contributed by atoms with Crippen molar-refractivity contribution in [2.24, 2.45) is 0 Å². The van der Waals surface area contributed by atoms with E-state index in [1.807, 2.05) is 18.2 Å². The number of alkyl halides is 1. The lowest BCUT2D eigenvalue weighted by Crippen LogP contribution is -2.03. The average molecular weight is 272 g/mol. The van der Waals surface area contributed by atoms with Gasteiger partial charge < -0.3 is 0 Å². The van der Waals surface area contributed by atoms with E-state index in [2.05, 4.69) is 39.7 Å². The summed E-state index contributed by atoms with van der Waals surface area (Å²) in [4.78, 5) is 9.07. The third-order valence-electron chi connectivity index (χ3n) is 3.06. The van der Waals surface area contributed by atoms with Crippen LogP contribution in [-0.2, 0) is 6.42 Å². The van der Waals surface area contributed by atoms with Gasteiger partial charge in [0.2, 0.25) is 0 Å². The Balaban J connectivity index is 2.28. The minimum absolute atomic E-state index is 0.551. The Morgan fingerprint density at radius 3 is 2.89 bits per heavy atom. The summed E-state index contributed by atoms with van der Waals surface area (Å²) in [7, 11) is 0. The van der Waals surface area contributed by atoms with Crippen LogP contribution in [0.2, 0.25) is 0 Å². The largest absolute Gasteiger partial charge is 0.281 e. The standard InChI is InChI=1S/C15H14ClN3/c1-11-4-2-5-12(10-11)19-14(7-8-16)18-13-6-3-9-17-15(13)19/h2-6,9-10H,7-8H2,1H3. The second-order valence-corrected chi connectivity index (χ2v) is 4.87. The highest BCUT2D eigenvalue weighted by atomic mass is 35.5. The number of halogens is 1. The molecule has 0 spiro atoms. The summed E-state index contributed by atoms with van der Waals surface area (Å²) in [6.07, 6.45) is 2.52. The number of aryl methyl sites for hydroxylation is 2. The van der Waals surface area contributed by atoms with Crippen molar-refractivity contribution < 1.29 is 0 Å². The minimum Gasteiger partial charge on any atom is -0.281 e. The Morgan fingerprint density at radius 2 is 2.11 bits per heavy atom. The summed E-state index contributed by atoms with van der Waals surface area (Å²) in [6, 6.07) is 12.2. The number of rotatable bonds is 3.